The van der Waals surface area contributed by atoms with Crippen LogP contribution in [-0.4, -0.2) is 34.3 Å². The number of aryl methyl sites for hydroxylation is 2. The largest absolute Gasteiger partial charge is 0.394 e. The summed E-state index contributed by atoms with van der Waals surface area (Å²) in [4.78, 5) is 7.00. The van der Waals surface area contributed by atoms with Crippen molar-refractivity contribution < 1.29 is 5.11 Å². The molecule has 0 aromatic carbocycles. The Morgan fingerprint density at radius 2 is 2.33 bits per heavy atom. The molecule has 2 rings (SSSR count). The fraction of sp³-hybridized carbons (Fsp3) is 0.538. The summed E-state index contributed by atoms with van der Waals surface area (Å²) >= 11 is 5.14. The summed E-state index contributed by atoms with van der Waals surface area (Å²) in [6.07, 6.45) is 2.09. The lowest BCUT2D eigenvalue weighted by Crippen LogP contribution is -2.34. The van der Waals surface area contributed by atoms with Crippen LogP contribution in [0, 0.1) is 13.8 Å². The average molecular weight is 265 g/mol. The molecule has 1 aromatic heterocycles. The van der Waals surface area contributed by atoms with E-state index in [0.29, 0.717) is 4.99 Å². The highest BCUT2D eigenvalue weighted by Crippen LogP contribution is 2.30. The molecule has 0 amide bonds. The minimum atomic E-state index is 0.164. The van der Waals surface area contributed by atoms with Gasteiger partial charge in [0.2, 0.25) is 0 Å². The lowest BCUT2D eigenvalue weighted by atomic mass is 10.1. The minimum absolute atomic E-state index is 0.164. The Morgan fingerprint density at radius 3 is 2.94 bits per heavy atom. The second-order valence-corrected chi connectivity index (χ2v) is 5.22. The van der Waals surface area contributed by atoms with E-state index in [4.69, 9.17) is 18.0 Å². The first-order chi connectivity index (χ1) is 8.54. The van der Waals surface area contributed by atoms with Crippen LogP contribution < -0.4 is 10.6 Å². The number of rotatable bonds is 3. The van der Waals surface area contributed by atoms with Gasteiger partial charge in [-0.2, -0.15) is 0 Å². The van der Waals surface area contributed by atoms with Crippen molar-refractivity contribution in [3.8, 4) is 0 Å². The van der Waals surface area contributed by atoms with Crippen molar-refractivity contribution in [3.63, 3.8) is 0 Å². The molecule has 1 saturated heterocycles. The predicted molar refractivity (Wildman–Crippen MR) is 77.1 cm³/mol. The van der Waals surface area contributed by atoms with Gasteiger partial charge in [-0.05, 0) is 32.8 Å². The maximum Gasteiger partial charge on any atom is 0.107 e. The number of aromatic nitrogens is 1. The Bertz CT molecular complexity index is 476. The summed E-state index contributed by atoms with van der Waals surface area (Å²) in [6.45, 7) is 4.99. The maximum absolute atomic E-state index is 9.44. The molecule has 2 heterocycles. The van der Waals surface area contributed by atoms with Gasteiger partial charge < -0.3 is 15.7 Å². The molecule has 1 unspecified atom stereocenters. The van der Waals surface area contributed by atoms with Gasteiger partial charge in [0.15, 0.2) is 0 Å². The maximum atomic E-state index is 9.44. The summed E-state index contributed by atoms with van der Waals surface area (Å²) in [5.74, 6) is 0. The molecule has 5 heteroatoms. The number of anilines is 1. The zero-order valence-corrected chi connectivity index (χ0v) is 11.6. The van der Waals surface area contributed by atoms with Crippen LogP contribution in [0.15, 0.2) is 6.07 Å². The first-order valence-corrected chi connectivity index (χ1v) is 6.61. The number of hydrogen-bond acceptors (Lipinski definition) is 4. The van der Waals surface area contributed by atoms with Crippen LogP contribution in [0.1, 0.15) is 29.8 Å². The number of aliphatic hydroxyl groups excluding tert-OH is 1. The molecule has 0 radical (unpaired) electrons. The Balaban J connectivity index is 2.51. The Labute approximate surface area is 113 Å². The van der Waals surface area contributed by atoms with E-state index in [2.05, 4.69) is 9.88 Å². The van der Waals surface area contributed by atoms with Gasteiger partial charge in [-0.25, -0.2) is 0 Å². The second-order valence-electron chi connectivity index (χ2n) is 4.78. The number of pyridine rings is 1. The van der Waals surface area contributed by atoms with Crippen LogP contribution in [0.2, 0.25) is 0 Å². The summed E-state index contributed by atoms with van der Waals surface area (Å²) in [6, 6.07) is 2.18. The molecule has 1 fully saturated rings. The molecule has 1 aromatic rings. The smallest absolute Gasteiger partial charge is 0.107 e. The lowest BCUT2D eigenvalue weighted by molar-refractivity contribution is 0.266. The number of nitrogens with zero attached hydrogens (tertiary/aromatic N) is 2. The topological polar surface area (TPSA) is 62.4 Å². The van der Waals surface area contributed by atoms with Crippen molar-refractivity contribution in [1.82, 2.24) is 4.98 Å². The van der Waals surface area contributed by atoms with Crippen LogP contribution in [0.5, 0.6) is 0 Å². The van der Waals surface area contributed by atoms with Crippen LogP contribution >= 0.6 is 12.2 Å². The van der Waals surface area contributed by atoms with Crippen molar-refractivity contribution in [2.24, 2.45) is 5.73 Å². The Kier molecular flexibility index (Phi) is 3.82. The fourth-order valence-electron chi connectivity index (χ4n) is 2.68. The van der Waals surface area contributed by atoms with Crippen LogP contribution in [0.25, 0.3) is 0 Å². The summed E-state index contributed by atoms with van der Waals surface area (Å²) in [5.41, 5.74) is 9.50. The van der Waals surface area contributed by atoms with E-state index in [9.17, 15) is 5.11 Å². The highest BCUT2D eigenvalue weighted by molar-refractivity contribution is 7.80. The van der Waals surface area contributed by atoms with Gasteiger partial charge in [-0.1, -0.05) is 12.2 Å². The lowest BCUT2D eigenvalue weighted by Gasteiger charge is -2.28. The van der Waals surface area contributed by atoms with Gasteiger partial charge in [0, 0.05) is 17.9 Å². The Morgan fingerprint density at radius 1 is 1.61 bits per heavy atom. The molecule has 0 aliphatic carbocycles. The van der Waals surface area contributed by atoms with Crippen molar-refractivity contribution in [2.75, 3.05) is 18.1 Å². The van der Waals surface area contributed by atoms with Crippen LogP contribution in [0.3, 0.4) is 0 Å². The van der Waals surface area contributed by atoms with E-state index in [0.717, 1.165) is 42.0 Å². The molecule has 0 saturated carbocycles. The van der Waals surface area contributed by atoms with Gasteiger partial charge in [0.1, 0.15) is 4.99 Å². The van der Waals surface area contributed by atoms with Crippen LogP contribution in [0.4, 0.5) is 5.69 Å². The van der Waals surface area contributed by atoms with Gasteiger partial charge in [-0.15, -0.1) is 0 Å². The average Bonchev–Trinajstić information content (AvgIpc) is 2.74. The SMILES string of the molecule is Cc1cc(N2CCCC2CO)c(C(N)=S)c(C)n1. The van der Waals surface area contributed by atoms with E-state index in [1.807, 2.05) is 19.9 Å². The first kappa shape index (κ1) is 13.2. The zero-order valence-electron chi connectivity index (χ0n) is 10.8. The molecule has 4 nitrogen and oxygen atoms in total. The molecule has 1 atom stereocenters. The predicted octanol–water partition coefficient (Wildman–Crippen LogP) is 1.29. The quantitative estimate of drug-likeness (QED) is 0.807. The number of thiocarbonyl (C=S) groups is 1. The van der Waals surface area contributed by atoms with Gasteiger partial charge in [0.05, 0.1) is 23.9 Å². The number of aliphatic hydroxyl groups is 1. The molecular formula is C13H19N3OS. The summed E-state index contributed by atoms with van der Waals surface area (Å²) in [5, 5.41) is 9.44. The third kappa shape index (κ3) is 2.33. The molecular weight excluding hydrogens is 246 g/mol. The summed E-state index contributed by atoms with van der Waals surface area (Å²) < 4.78 is 0. The highest BCUT2D eigenvalue weighted by Gasteiger charge is 2.27. The minimum Gasteiger partial charge on any atom is -0.394 e. The van der Waals surface area contributed by atoms with E-state index in [1.165, 1.54) is 0 Å². The van der Waals surface area contributed by atoms with Gasteiger partial charge in [0.25, 0.3) is 0 Å². The molecule has 98 valence electrons. The third-order valence-corrected chi connectivity index (χ3v) is 3.66. The van der Waals surface area contributed by atoms with E-state index < -0.39 is 0 Å². The molecule has 3 N–H and O–H groups in total. The van der Waals surface area contributed by atoms with E-state index >= 15 is 0 Å². The first-order valence-electron chi connectivity index (χ1n) is 6.20. The Hall–Kier alpha value is -1.20. The van der Waals surface area contributed by atoms with Gasteiger partial charge in [-0.3, -0.25) is 4.98 Å². The normalized spacial score (nSPS) is 19.3. The van der Waals surface area contributed by atoms with Crippen molar-refractivity contribution in [1.29, 1.82) is 0 Å². The van der Waals surface area contributed by atoms with Crippen molar-refractivity contribution in [3.05, 3.63) is 23.0 Å². The molecule has 0 bridgehead atoms. The van der Waals surface area contributed by atoms with E-state index in [-0.39, 0.29) is 12.6 Å². The summed E-state index contributed by atoms with van der Waals surface area (Å²) in [7, 11) is 0. The fourth-order valence-corrected chi connectivity index (χ4v) is 2.93. The molecule has 1 aliphatic rings. The van der Waals surface area contributed by atoms with Crippen LogP contribution in [-0.2, 0) is 0 Å². The number of hydrogen-bond donors (Lipinski definition) is 2. The third-order valence-electron chi connectivity index (χ3n) is 3.45. The highest BCUT2D eigenvalue weighted by atomic mass is 32.1. The molecule has 18 heavy (non-hydrogen) atoms. The second kappa shape index (κ2) is 5.20. The zero-order chi connectivity index (χ0) is 13.3. The van der Waals surface area contributed by atoms with E-state index in [1.54, 1.807) is 0 Å². The van der Waals surface area contributed by atoms with Crippen molar-refractivity contribution in [2.45, 2.75) is 32.7 Å². The molecule has 1 aliphatic heterocycles. The number of nitrogens with two attached hydrogens (primary N) is 1. The monoisotopic (exact) mass is 265 g/mol. The standard InChI is InChI=1S/C13H19N3OS/c1-8-6-11(12(13(14)18)9(2)15-8)16-5-3-4-10(16)7-17/h6,10,17H,3-5,7H2,1-2H3,(H2,14,18). The van der Waals surface area contributed by atoms with Crippen molar-refractivity contribution >= 4 is 22.9 Å². The molecule has 0 spiro atoms. The van der Waals surface area contributed by atoms with Gasteiger partial charge >= 0.3 is 0 Å².